The molecule has 2 rings (SSSR count). The Morgan fingerprint density at radius 2 is 2.21 bits per heavy atom. The van der Waals surface area contributed by atoms with Gasteiger partial charge in [-0.25, -0.2) is 4.79 Å². The number of hydrogen-bond acceptors (Lipinski definition) is 4. The Balaban J connectivity index is 1.96. The normalized spacial score (nSPS) is 17.1. The molecule has 6 nitrogen and oxygen atoms in total. The molecule has 2 N–H and O–H groups in total. The van der Waals surface area contributed by atoms with E-state index in [1.807, 2.05) is 20.8 Å². The van der Waals surface area contributed by atoms with E-state index in [0.29, 0.717) is 5.82 Å². The lowest BCUT2D eigenvalue weighted by Gasteiger charge is -2.19. The van der Waals surface area contributed by atoms with Crippen LogP contribution in [0.2, 0.25) is 0 Å². The van der Waals surface area contributed by atoms with E-state index in [1.54, 1.807) is 11.0 Å². The van der Waals surface area contributed by atoms with E-state index in [2.05, 4.69) is 15.8 Å². The zero-order valence-corrected chi connectivity index (χ0v) is 11.8. The number of amides is 2. The predicted molar refractivity (Wildman–Crippen MR) is 73.3 cm³/mol. The maximum absolute atomic E-state index is 12.1. The standard InChI is InChI=1S/C13H22N4O2/c1-13(2,3)10-9-11(16-19-10)15-12(18)17-7-4-5-14-6-8-17/h9,14H,4-8H2,1-3H3,(H,15,16,18). The van der Waals surface area contributed by atoms with E-state index in [-0.39, 0.29) is 11.4 Å². The summed E-state index contributed by atoms with van der Waals surface area (Å²) in [5, 5.41) is 9.94. The first-order chi connectivity index (χ1) is 8.97. The summed E-state index contributed by atoms with van der Waals surface area (Å²) >= 11 is 0. The van der Waals surface area contributed by atoms with Crippen molar-refractivity contribution in [1.29, 1.82) is 0 Å². The largest absolute Gasteiger partial charge is 0.359 e. The third kappa shape index (κ3) is 3.70. The van der Waals surface area contributed by atoms with Crippen LogP contribution < -0.4 is 10.6 Å². The number of carbonyl (C=O) groups is 1. The minimum absolute atomic E-state index is 0.109. The molecule has 0 aliphatic carbocycles. The van der Waals surface area contributed by atoms with Gasteiger partial charge in [0, 0.05) is 31.1 Å². The molecular weight excluding hydrogens is 244 g/mol. The molecule has 2 amide bonds. The second-order valence-electron chi connectivity index (χ2n) is 5.85. The average Bonchev–Trinajstić information content (AvgIpc) is 2.63. The van der Waals surface area contributed by atoms with Crippen LogP contribution in [0.4, 0.5) is 10.6 Å². The highest BCUT2D eigenvalue weighted by Crippen LogP contribution is 2.24. The van der Waals surface area contributed by atoms with Crippen molar-refractivity contribution in [2.75, 3.05) is 31.5 Å². The van der Waals surface area contributed by atoms with Crippen molar-refractivity contribution < 1.29 is 9.32 Å². The van der Waals surface area contributed by atoms with Crippen molar-refractivity contribution in [3.05, 3.63) is 11.8 Å². The van der Waals surface area contributed by atoms with Crippen LogP contribution in [0.5, 0.6) is 0 Å². The number of urea groups is 1. The minimum Gasteiger partial charge on any atom is -0.359 e. The number of aromatic nitrogens is 1. The van der Waals surface area contributed by atoms with Gasteiger partial charge in [-0.15, -0.1) is 0 Å². The van der Waals surface area contributed by atoms with Crippen LogP contribution in [-0.2, 0) is 5.41 Å². The predicted octanol–water partition coefficient (Wildman–Crippen LogP) is 1.80. The van der Waals surface area contributed by atoms with Gasteiger partial charge in [0.2, 0.25) is 0 Å². The third-order valence-electron chi connectivity index (χ3n) is 3.11. The van der Waals surface area contributed by atoms with Gasteiger partial charge < -0.3 is 14.7 Å². The van der Waals surface area contributed by atoms with Crippen molar-refractivity contribution >= 4 is 11.8 Å². The zero-order chi connectivity index (χ0) is 13.9. The molecule has 0 aromatic carbocycles. The lowest BCUT2D eigenvalue weighted by atomic mass is 9.93. The van der Waals surface area contributed by atoms with Gasteiger partial charge >= 0.3 is 6.03 Å². The molecule has 6 heteroatoms. The highest BCUT2D eigenvalue weighted by Gasteiger charge is 2.21. The highest BCUT2D eigenvalue weighted by atomic mass is 16.5. The molecule has 1 aliphatic rings. The van der Waals surface area contributed by atoms with Crippen LogP contribution in [-0.4, -0.2) is 42.3 Å². The van der Waals surface area contributed by atoms with E-state index < -0.39 is 0 Å². The first-order valence-corrected chi connectivity index (χ1v) is 6.70. The van der Waals surface area contributed by atoms with E-state index >= 15 is 0 Å². The Labute approximate surface area is 113 Å². The molecule has 1 aliphatic heterocycles. The summed E-state index contributed by atoms with van der Waals surface area (Å²) in [4.78, 5) is 13.9. The fourth-order valence-electron chi connectivity index (χ4n) is 1.93. The molecule has 2 heterocycles. The Morgan fingerprint density at radius 1 is 1.42 bits per heavy atom. The lowest BCUT2D eigenvalue weighted by molar-refractivity contribution is 0.215. The number of carbonyl (C=O) groups excluding carboxylic acids is 1. The van der Waals surface area contributed by atoms with Crippen molar-refractivity contribution in [2.45, 2.75) is 32.6 Å². The molecule has 0 spiro atoms. The van der Waals surface area contributed by atoms with Gasteiger partial charge in [0.1, 0.15) is 5.76 Å². The maximum Gasteiger partial charge on any atom is 0.323 e. The molecule has 106 valence electrons. The van der Waals surface area contributed by atoms with E-state index in [9.17, 15) is 4.79 Å². The Kier molecular flexibility index (Phi) is 4.09. The topological polar surface area (TPSA) is 70.4 Å². The zero-order valence-electron chi connectivity index (χ0n) is 11.8. The second kappa shape index (κ2) is 5.61. The van der Waals surface area contributed by atoms with Crippen LogP contribution >= 0.6 is 0 Å². The summed E-state index contributed by atoms with van der Waals surface area (Å²) in [6.45, 7) is 9.40. The fourth-order valence-corrected chi connectivity index (χ4v) is 1.93. The number of anilines is 1. The van der Waals surface area contributed by atoms with Gasteiger partial charge in [-0.2, -0.15) is 0 Å². The first-order valence-electron chi connectivity index (χ1n) is 6.70. The summed E-state index contributed by atoms with van der Waals surface area (Å²) in [5.41, 5.74) is -0.109. The maximum atomic E-state index is 12.1. The molecule has 0 saturated carbocycles. The lowest BCUT2D eigenvalue weighted by Crippen LogP contribution is -2.37. The Hall–Kier alpha value is -1.56. The molecule has 0 unspecified atom stereocenters. The number of rotatable bonds is 1. The monoisotopic (exact) mass is 266 g/mol. The molecule has 0 atom stereocenters. The minimum atomic E-state index is -0.113. The van der Waals surface area contributed by atoms with Crippen molar-refractivity contribution in [1.82, 2.24) is 15.4 Å². The van der Waals surface area contributed by atoms with Crippen LogP contribution in [0.15, 0.2) is 10.6 Å². The van der Waals surface area contributed by atoms with Crippen molar-refractivity contribution in [3.63, 3.8) is 0 Å². The highest BCUT2D eigenvalue weighted by molar-refractivity contribution is 5.88. The fraction of sp³-hybridized carbons (Fsp3) is 0.692. The van der Waals surface area contributed by atoms with Crippen LogP contribution in [0.3, 0.4) is 0 Å². The number of nitrogens with one attached hydrogen (secondary N) is 2. The van der Waals surface area contributed by atoms with Gasteiger partial charge in [0.25, 0.3) is 0 Å². The van der Waals surface area contributed by atoms with Crippen LogP contribution in [0.1, 0.15) is 33.0 Å². The van der Waals surface area contributed by atoms with Crippen molar-refractivity contribution in [2.24, 2.45) is 0 Å². The van der Waals surface area contributed by atoms with Crippen molar-refractivity contribution in [3.8, 4) is 0 Å². The molecular formula is C13H22N4O2. The number of hydrogen-bond donors (Lipinski definition) is 2. The van der Waals surface area contributed by atoms with E-state index in [4.69, 9.17) is 4.52 Å². The van der Waals surface area contributed by atoms with E-state index in [0.717, 1.165) is 38.4 Å². The molecule has 19 heavy (non-hydrogen) atoms. The van der Waals surface area contributed by atoms with Crippen LogP contribution in [0.25, 0.3) is 0 Å². The average molecular weight is 266 g/mol. The number of nitrogens with zero attached hydrogens (tertiary/aromatic N) is 2. The van der Waals surface area contributed by atoms with Gasteiger partial charge in [0.15, 0.2) is 5.82 Å². The third-order valence-corrected chi connectivity index (χ3v) is 3.11. The molecule has 1 aromatic heterocycles. The van der Waals surface area contributed by atoms with Gasteiger partial charge in [-0.3, -0.25) is 5.32 Å². The summed E-state index contributed by atoms with van der Waals surface area (Å²) < 4.78 is 5.25. The van der Waals surface area contributed by atoms with Gasteiger partial charge in [-0.1, -0.05) is 25.9 Å². The molecule has 1 aromatic rings. The summed E-state index contributed by atoms with van der Waals surface area (Å²) in [7, 11) is 0. The summed E-state index contributed by atoms with van der Waals surface area (Å²) in [5.74, 6) is 1.24. The Morgan fingerprint density at radius 3 is 2.89 bits per heavy atom. The van der Waals surface area contributed by atoms with E-state index in [1.165, 1.54) is 0 Å². The second-order valence-corrected chi connectivity index (χ2v) is 5.85. The molecule has 1 saturated heterocycles. The van der Waals surface area contributed by atoms with Gasteiger partial charge in [-0.05, 0) is 13.0 Å². The van der Waals surface area contributed by atoms with Gasteiger partial charge in [0.05, 0.1) is 0 Å². The molecule has 1 fully saturated rings. The Bertz CT molecular complexity index is 428. The summed E-state index contributed by atoms with van der Waals surface area (Å²) in [6.07, 6.45) is 0.972. The SMILES string of the molecule is CC(C)(C)c1cc(NC(=O)N2CCCNCC2)no1. The first kappa shape index (κ1) is 13.9. The summed E-state index contributed by atoms with van der Waals surface area (Å²) in [6, 6.07) is 1.67. The van der Waals surface area contributed by atoms with Crippen LogP contribution in [0, 0.1) is 0 Å². The molecule has 0 radical (unpaired) electrons. The quantitative estimate of drug-likeness (QED) is 0.813. The smallest absolute Gasteiger partial charge is 0.323 e. The molecule has 0 bridgehead atoms.